The molecule has 1 atom stereocenters. The summed E-state index contributed by atoms with van der Waals surface area (Å²) in [4.78, 5) is 12.7. The van der Waals surface area contributed by atoms with Gasteiger partial charge in [-0.3, -0.25) is 4.79 Å². The third kappa shape index (κ3) is 4.92. The molecule has 0 aromatic heterocycles. The van der Waals surface area contributed by atoms with E-state index >= 15 is 0 Å². The fraction of sp³-hybridized carbons (Fsp3) is 0.875. The molecule has 5 heteroatoms. The first kappa shape index (κ1) is 16.7. The predicted molar refractivity (Wildman–Crippen MR) is 88.2 cm³/mol. The number of nitrogens with one attached hydrogen (secondary N) is 1. The van der Waals surface area contributed by atoms with Gasteiger partial charge in [-0.25, -0.2) is 0 Å². The van der Waals surface area contributed by atoms with Gasteiger partial charge in [0.1, 0.15) is 0 Å². The van der Waals surface area contributed by atoms with Gasteiger partial charge in [-0.1, -0.05) is 44.3 Å². The summed E-state index contributed by atoms with van der Waals surface area (Å²) in [6.07, 6.45) is 11.4. The summed E-state index contributed by atoms with van der Waals surface area (Å²) < 4.78 is 5.57. The molecule has 0 aromatic rings. The number of carbonyl (C=O) groups excluding carboxylic acids is 1. The lowest BCUT2D eigenvalue weighted by Gasteiger charge is -2.35. The zero-order chi connectivity index (χ0) is 15.1. The SMILES string of the molecule is NC(=S)C1(NC(=O)CCC2CCCO2)CCCCCCC1. The lowest BCUT2D eigenvalue weighted by atomic mass is 9.83. The number of rotatable bonds is 5. The Morgan fingerprint density at radius 2 is 1.86 bits per heavy atom. The minimum Gasteiger partial charge on any atom is -0.391 e. The van der Waals surface area contributed by atoms with Crippen LogP contribution in [0, 0.1) is 0 Å². The van der Waals surface area contributed by atoms with Crippen LogP contribution >= 0.6 is 12.2 Å². The molecule has 4 nitrogen and oxygen atoms in total. The zero-order valence-electron chi connectivity index (χ0n) is 12.9. The average Bonchev–Trinajstić information content (AvgIpc) is 2.92. The lowest BCUT2D eigenvalue weighted by Crippen LogP contribution is -2.57. The van der Waals surface area contributed by atoms with Crippen molar-refractivity contribution in [2.45, 2.75) is 82.3 Å². The Hall–Kier alpha value is -0.680. The Morgan fingerprint density at radius 3 is 2.43 bits per heavy atom. The second-order valence-electron chi connectivity index (χ2n) is 6.44. The minimum atomic E-state index is -0.455. The lowest BCUT2D eigenvalue weighted by molar-refractivity contribution is -0.123. The van der Waals surface area contributed by atoms with Crippen molar-refractivity contribution in [2.75, 3.05) is 6.61 Å². The highest BCUT2D eigenvalue weighted by molar-refractivity contribution is 7.80. The van der Waals surface area contributed by atoms with Crippen LogP contribution in [0.1, 0.15) is 70.6 Å². The Balaban J connectivity index is 1.87. The van der Waals surface area contributed by atoms with E-state index < -0.39 is 5.54 Å². The Kier molecular flexibility index (Phi) is 6.42. The van der Waals surface area contributed by atoms with Crippen LogP contribution in [0.5, 0.6) is 0 Å². The van der Waals surface area contributed by atoms with Gasteiger partial charge < -0.3 is 15.8 Å². The molecule has 2 aliphatic rings. The Labute approximate surface area is 133 Å². The molecular weight excluding hydrogens is 284 g/mol. The van der Waals surface area contributed by atoms with Crippen LogP contribution in [0.2, 0.25) is 0 Å². The summed E-state index contributed by atoms with van der Waals surface area (Å²) >= 11 is 5.28. The van der Waals surface area contributed by atoms with E-state index in [0.717, 1.165) is 51.6 Å². The maximum Gasteiger partial charge on any atom is 0.220 e. The molecule has 1 saturated carbocycles. The van der Waals surface area contributed by atoms with Crippen LogP contribution in [0.15, 0.2) is 0 Å². The smallest absolute Gasteiger partial charge is 0.220 e. The summed E-state index contributed by atoms with van der Waals surface area (Å²) in [5, 5.41) is 3.16. The van der Waals surface area contributed by atoms with Crippen molar-refractivity contribution < 1.29 is 9.53 Å². The van der Waals surface area contributed by atoms with E-state index in [9.17, 15) is 4.79 Å². The molecule has 1 amide bonds. The number of nitrogens with two attached hydrogens (primary N) is 1. The Morgan fingerprint density at radius 1 is 1.19 bits per heavy atom. The summed E-state index contributed by atoms with van der Waals surface area (Å²) in [5.74, 6) is 0.0684. The molecule has 1 saturated heterocycles. The van der Waals surface area contributed by atoms with Gasteiger partial charge in [0.05, 0.1) is 16.6 Å². The summed E-state index contributed by atoms with van der Waals surface area (Å²) in [5.41, 5.74) is 5.53. The standard InChI is InChI=1S/C16H28N2O2S/c17-15(21)16(10-4-2-1-3-5-11-16)18-14(19)9-8-13-7-6-12-20-13/h13H,1-12H2,(H2,17,21)(H,18,19). The van der Waals surface area contributed by atoms with E-state index in [1.807, 2.05) is 0 Å². The molecule has 1 aliphatic heterocycles. The average molecular weight is 312 g/mol. The molecule has 1 heterocycles. The Bertz CT molecular complexity index is 359. The zero-order valence-corrected chi connectivity index (χ0v) is 13.7. The molecule has 2 rings (SSSR count). The topological polar surface area (TPSA) is 64.3 Å². The third-order valence-electron chi connectivity index (χ3n) is 4.77. The highest BCUT2D eigenvalue weighted by Gasteiger charge is 2.35. The van der Waals surface area contributed by atoms with E-state index in [2.05, 4.69) is 5.32 Å². The van der Waals surface area contributed by atoms with Gasteiger partial charge in [0, 0.05) is 13.0 Å². The molecule has 2 fully saturated rings. The van der Waals surface area contributed by atoms with Gasteiger partial charge >= 0.3 is 0 Å². The van der Waals surface area contributed by atoms with E-state index in [-0.39, 0.29) is 12.0 Å². The number of thiocarbonyl (C=S) groups is 1. The fourth-order valence-electron chi connectivity index (χ4n) is 3.44. The van der Waals surface area contributed by atoms with Gasteiger partial charge in [-0.05, 0) is 32.1 Å². The first-order chi connectivity index (χ1) is 10.1. The van der Waals surface area contributed by atoms with Crippen LogP contribution < -0.4 is 11.1 Å². The highest BCUT2D eigenvalue weighted by Crippen LogP contribution is 2.27. The van der Waals surface area contributed by atoms with Gasteiger partial charge in [0.25, 0.3) is 0 Å². The summed E-state index contributed by atoms with van der Waals surface area (Å²) in [6, 6.07) is 0. The molecule has 0 aromatic carbocycles. The fourth-order valence-corrected chi connectivity index (χ4v) is 3.69. The maximum atomic E-state index is 12.3. The van der Waals surface area contributed by atoms with Crippen molar-refractivity contribution >= 4 is 23.1 Å². The van der Waals surface area contributed by atoms with Gasteiger partial charge in [-0.15, -0.1) is 0 Å². The second-order valence-corrected chi connectivity index (χ2v) is 6.88. The van der Waals surface area contributed by atoms with Crippen molar-refractivity contribution in [2.24, 2.45) is 5.73 Å². The number of carbonyl (C=O) groups is 1. The maximum absolute atomic E-state index is 12.3. The third-order valence-corrected chi connectivity index (χ3v) is 5.17. The van der Waals surface area contributed by atoms with Gasteiger partial charge in [-0.2, -0.15) is 0 Å². The molecule has 0 spiro atoms. The van der Waals surface area contributed by atoms with Crippen LogP contribution in [0.25, 0.3) is 0 Å². The summed E-state index contributed by atoms with van der Waals surface area (Å²) in [7, 11) is 0. The van der Waals surface area contributed by atoms with Crippen molar-refractivity contribution in [3.05, 3.63) is 0 Å². The molecular formula is C16H28N2O2S. The first-order valence-corrected chi connectivity index (χ1v) is 8.76. The first-order valence-electron chi connectivity index (χ1n) is 8.35. The second kappa shape index (κ2) is 8.08. The number of hydrogen-bond donors (Lipinski definition) is 2. The van der Waals surface area contributed by atoms with Crippen LogP contribution in [0.3, 0.4) is 0 Å². The van der Waals surface area contributed by atoms with Crippen LogP contribution in [-0.2, 0) is 9.53 Å². The van der Waals surface area contributed by atoms with Crippen molar-refractivity contribution in [1.29, 1.82) is 0 Å². The minimum absolute atomic E-state index is 0.0684. The van der Waals surface area contributed by atoms with Crippen molar-refractivity contribution in [1.82, 2.24) is 5.32 Å². The predicted octanol–water partition coefficient (Wildman–Crippen LogP) is 2.83. The number of ether oxygens (including phenoxy) is 1. The van der Waals surface area contributed by atoms with Crippen molar-refractivity contribution in [3.63, 3.8) is 0 Å². The molecule has 21 heavy (non-hydrogen) atoms. The number of amides is 1. The highest BCUT2D eigenvalue weighted by atomic mass is 32.1. The molecule has 0 bridgehead atoms. The van der Waals surface area contributed by atoms with Gasteiger partial charge in [0.2, 0.25) is 5.91 Å². The molecule has 3 N–H and O–H groups in total. The monoisotopic (exact) mass is 312 g/mol. The molecule has 1 aliphatic carbocycles. The number of hydrogen-bond acceptors (Lipinski definition) is 3. The van der Waals surface area contributed by atoms with Crippen LogP contribution in [0.4, 0.5) is 0 Å². The molecule has 120 valence electrons. The van der Waals surface area contributed by atoms with E-state index in [4.69, 9.17) is 22.7 Å². The molecule has 0 radical (unpaired) electrons. The largest absolute Gasteiger partial charge is 0.391 e. The van der Waals surface area contributed by atoms with E-state index in [0.29, 0.717) is 11.4 Å². The quantitative estimate of drug-likeness (QED) is 0.766. The van der Waals surface area contributed by atoms with E-state index in [1.165, 1.54) is 19.3 Å². The molecule has 1 unspecified atom stereocenters. The summed E-state index contributed by atoms with van der Waals surface area (Å²) in [6.45, 7) is 0.836. The van der Waals surface area contributed by atoms with E-state index in [1.54, 1.807) is 0 Å². The van der Waals surface area contributed by atoms with Gasteiger partial charge in [0.15, 0.2) is 0 Å². The van der Waals surface area contributed by atoms with Crippen LogP contribution in [-0.4, -0.2) is 29.1 Å². The normalized spacial score (nSPS) is 25.8. The van der Waals surface area contributed by atoms with Crippen molar-refractivity contribution in [3.8, 4) is 0 Å².